The standard InChI is InChI=1S/C25H23N3O7/c1-13-9-16(23(30)31)5-7-20(13)28-14(2)10-17(15(28)3)11-19-22(29)27(25(33)26-19)12-18-6-8-21(35-18)24(32)34-4/h5-11H,12H2,1-4H3,(H,26,33)(H,30,31). The van der Waals surface area contributed by atoms with E-state index >= 15 is 0 Å². The number of imide groups is 1. The van der Waals surface area contributed by atoms with Crippen LogP contribution in [-0.2, 0) is 16.1 Å². The second-order valence-electron chi connectivity index (χ2n) is 8.11. The predicted octanol–water partition coefficient (Wildman–Crippen LogP) is 3.57. The van der Waals surface area contributed by atoms with Gasteiger partial charge in [0.15, 0.2) is 0 Å². The minimum Gasteiger partial charge on any atom is -0.478 e. The summed E-state index contributed by atoms with van der Waals surface area (Å²) < 4.78 is 11.9. The van der Waals surface area contributed by atoms with Crippen LogP contribution < -0.4 is 5.32 Å². The zero-order valence-corrected chi connectivity index (χ0v) is 19.5. The van der Waals surface area contributed by atoms with E-state index in [4.69, 9.17) is 4.42 Å². The Labute approximate surface area is 200 Å². The number of nitrogens with zero attached hydrogens (tertiary/aromatic N) is 2. The molecule has 1 fully saturated rings. The van der Waals surface area contributed by atoms with Gasteiger partial charge < -0.3 is 24.1 Å². The van der Waals surface area contributed by atoms with Gasteiger partial charge >= 0.3 is 18.0 Å². The Bertz CT molecular complexity index is 1410. The van der Waals surface area contributed by atoms with Gasteiger partial charge in [-0.25, -0.2) is 14.4 Å². The SMILES string of the molecule is COC(=O)c1ccc(CN2C(=O)NC(=Cc3cc(C)n(-c4ccc(C(=O)O)cc4C)c3C)C2=O)o1. The molecule has 0 saturated carbocycles. The molecule has 4 rings (SSSR count). The first kappa shape index (κ1) is 23.6. The summed E-state index contributed by atoms with van der Waals surface area (Å²) in [4.78, 5) is 49.2. The zero-order chi connectivity index (χ0) is 25.4. The predicted molar refractivity (Wildman–Crippen MR) is 124 cm³/mol. The monoisotopic (exact) mass is 477 g/mol. The van der Waals surface area contributed by atoms with Crippen molar-refractivity contribution in [2.45, 2.75) is 27.3 Å². The molecule has 1 aliphatic heterocycles. The fourth-order valence-electron chi connectivity index (χ4n) is 4.04. The van der Waals surface area contributed by atoms with Crippen LogP contribution in [0.3, 0.4) is 0 Å². The molecular weight excluding hydrogens is 454 g/mol. The lowest BCUT2D eigenvalue weighted by molar-refractivity contribution is -0.123. The molecule has 0 unspecified atom stereocenters. The Morgan fingerprint density at radius 1 is 1.11 bits per heavy atom. The Balaban J connectivity index is 1.60. The molecule has 1 saturated heterocycles. The summed E-state index contributed by atoms with van der Waals surface area (Å²) in [5.74, 6) is -1.95. The second-order valence-corrected chi connectivity index (χ2v) is 8.11. The smallest absolute Gasteiger partial charge is 0.373 e. The van der Waals surface area contributed by atoms with Crippen LogP contribution in [0.5, 0.6) is 0 Å². The Morgan fingerprint density at radius 2 is 1.86 bits per heavy atom. The molecule has 0 spiro atoms. The number of carboxylic acids is 1. The lowest BCUT2D eigenvalue weighted by atomic mass is 10.1. The third-order valence-electron chi connectivity index (χ3n) is 5.78. The number of carbonyl (C=O) groups is 4. The first-order valence-electron chi connectivity index (χ1n) is 10.7. The number of amides is 3. The summed E-state index contributed by atoms with van der Waals surface area (Å²) >= 11 is 0. The quantitative estimate of drug-likeness (QED) is 0.315. The largest absolute Gasteiger partial charge is 0.478 e. The number of nitrogens with one attached hydrogen (secondary N) is 1. The van der Waals surface area contributed by atoms with Crippen molar-refractivity contribution in [1.82, 2.24) is 14.8 Å². The minimum absolute atomic E-state index is 0.0237. The van der Waals surface area contributed by atoms with Crippen molar-refractivity contribution in [3.05, 3.63) is 81.7 Å². The lowest BCUT2D eigenvalue weighted by Gasteiger charge is -2.13. The molecule has 10 nitrogen and oxygen atoms in total. The number of hydrogen-bond donors (Lipinski definition) is 2. The van der Waals surface area contributed by atoms with Crippen molar-refractivity contribution in [3.63, 3.8) is 0 Å². The Morgan fingerprint density at radius 3 is 2.51 bits per heavy atom. The molecule has 2 N–H and O–H groups in total. The van der Waals surface area contributed by atoms with Crippen LogP contribution in [0.1, 0.15) is 49.2 Å². The van der Waals surface area contributed by atoms with Crippen LogP contribution >= 0.6 is 0 Å². The number of ether oxygens (including phenoxy) is 1. The molecule has 0 aliphatic carbocycles. The summed E-state index contributed by atoms with van der Waals surface area (Å²) in [5.41, 5.74) is 4.32. The number of furan rings is 1. The minimum atomic E-state index is -0.998. The van der Waals surface area contributed by atoms with E-state index in [1.54, 1.807) is 24.3 Å². The number of rotatable bonds is 6. The van der Waals surface area contributed by atoms with Crippen molar-refractivity contribution in [2.75, 3.05) is 7.11 Å². The van der Waals surface area contributed by atoms with E-state index in [1.165, 1.54) is 19.2 Å². The number of urea groups is 1. The summed E-state index contributed by atoms with van der Waals surface area (Å²) in [7, 11) is 1.22. The van der Waals surface area contributed by atoms with E-state index in [0.29, 0.717) is 0 Å². The van der Waals surface area contributed by atoms with Gasteiger partial charge in [0.25, 0.3) is 5.91 Å². The van der Waals surface area contributed by atoms with E-state index in [2.05, 4.69) is 10.1 Å². The van der Waals surface area contributed by atoms with Crippen molar-refractivity contribution in [1.29, 1.82) is 0 Å². The van der Waals surface area contributed by atoms with Gasteiger partial charge in [0.05, 0.1) is 19.2 Å². The number of methoxy groups -OCH3 is 1. The average Bonchev–Trinajstić information content (AvgIpc) is 3.47. The highest BCUT2D eigenvalue weighted by Crippen LogP contribution is 2.27. The summed E-state index contributed by atoms with van der Waals surface area (Å²) in [6.07, 6.45) is 1.60. The van der Waals surface area contributed by atoms with Gasteiger partial charge in [0.1, 0.15) is 11.5 Å². The number of benzene rings is 1. The van der Waals surface area contributed by atoms with Crippen molar-refractivity contribution >= 4 is 30.0 Å². The summed E-state index contributed by atoms with van der Waals surface area (Å²) in [5, 5.41) is 11.8. The molecule has 0 bridgehead atoms. The van der Waals surface area contributed by atoms with Crippen LogP contribution in [0.4, 0.5) is 4.79 Å². The van der Waals surface area contributed by atoms with E-state index in [9.17, 15) is 24.3 Å². The number of esters is 1. The number of aromatic carboxylic acids is 1. The van der Waals surface area contributed by atoms with Crippen LogP contribution in [0.15, 0.2) is 46.5 Å². The first-order chi connectivity index (χ1) is 16.6. The highest BCUT2D eigenvalue weighted by molar-refractivity contribution is 6.14. The van der Waals surface area contributed by atoms with Gasteiger partial charge in [-0.2, -0.15) is 0 Å². The highest BCUT2D eigenvalue weighted by atomic mass is 16.5. The molecule has 0 atom stereocenters. The molecule has 1 aliphatic rings. The van der Waals surface area contributed by atoms with Crippen molar-refractivity contribution < 1.29 is 33.4 Å². The van der Waals surface area contributed by atoms with Gasteiger partial charge in [-0.3, -0.25) is 9.69 Å². The summed E-state index contributed by atoms with van der Waals surface area (Å²) in [6.45, 7) is 5.46. The number of aryl methyl sites for hydroxylation is 2. The van der Waals surface area contributed by atoms with Gasteiger partial charge in [-0.15, -0.1) is 0 Å². The average molecular weight is 477 g/mol. The first-order valence-corrected chi connectivity index (χ1v) is 10.7. The van der Waals surface area contributed by atoms with Crippen molar-refractivity contribution in [3.8, 4) is 5.69 Å². The maximum Gasteiger partial charge on any atom is 0.373 e. The lowest BCUT2D eigenvalue weighted by Crippen LogP contribution is -2.30. The molecule has 35 heavy (non-hydrogen) atoms. The number of carboxylic acid groups (broad SMARTS) is 1. The molecule has 3 aromatic rings. The Kier molecular flexibility index (Phi) is 6.04. The van der Waals surface area contributed by atoms with E-state index in [1.807, 2.05) is 31.4 Å². The van der Waals surface area contributed by atoms with Crippen molar-refractivity contribution in [2.24, 2.45) is 0 Å². The molecule has 10 heteroatoms. The van der Waals surface area contributed by atoms with Crippen LogP contribution in [0.2, 0.25) is 0 Å². The Hall–Kier alpha value is -4.60. The van der Waals surface area contributed by atoms with E-state index in [0.717, 1.165) is 33.1 Å². The van der Waals surface area contributed by atoms with Gasteiger partial charge in [0, 0.05) is 17.1 Å². The number of hydrogen-bond acceptors (Lipinski definition) is 6. The van der Waals surface area contributed by atoms with Crippen LogP contribution in [0.25, 0.3) is 11.8 Å². The van der Waals surface area contributed by atoms with E-state index < -0.39 is 23.9 Å². The molecule has 3 amide bonds. The fraction of sp³-hybridized carbons (Fsp3) is 0.200. The van der Waals surface area contributed by atoms with Gasteiger partial charge in [-0.1, -0.05) is 0 Å². The third kappa shape index (κ3) is 4.33. The van der Waals surface area contributed by atoms with Gasteiger partial charge in [0.2, 0.25) is 5.76 Å². The molecule has 1 aromatic carbocycles. The van der Waals surface area contributed by atoms with E-state index in [-0.39, 0.29) is 29.3 Å². The zero-order valence-electron chi connectivity index (χ0n) is 19.5. The molecule has 2 aromatic heterocycles. The normalized spacial score (nSPS) is 14.5. The maximum absolute atomic E-state index is 12.9. The van der Waals surface area contributed by atoms with Crippen LogP contribution in [-0.4, -0.2) is 45.6 Å². The fourth-order valence-corrected chi connectivity index (χ4v) is 4.04. The van der Waals surface area contributed by atoms with Gasteiger partial charge in [-0.05, 0) is 74.4 Å². The van der Waals surface area contributed by atoms with Crippen LogP contribution in [0, 0.1) is 20.8 Å². The third-order valence-corrected chi connectivity index (χ3v) is 5.78. The number of carbonyl (C=O) groups excluding carboxylic acids is 3. The molecular formula is C25H23N3O7. The second kappa shape index (κ2) is 8.98. The topological polar surface area (TPSA) is 131 Å². The molecule has 3 heterocycles. The molecule has 0 radical (unpaired) electrons. The highest BCUT2D eigenvalue weighted by Gasteiger charge is 2.34. The summed E-state index contributed by atoms with van der Waals surface area (Å²) in [6, 6.07) is 9.08. The molecule has 180 valence electrons. The maximum atomic E-state index is 12.9. The number of aromatic nitrogens is 1.